The van der Waals surface area contributed by atoms with E-state index in [4.69, 9.17) is 11.6 Å². The van der Waals surface area contributed by atoms with E-state index in [9.17, 15) is 0 Å². The number of aromatic nitrogens is 1. The largest absolute Gasteiger partial charge is 0.357 e. The summed E-state index contributed by atoms with van der Waals surface area (Å²) in [6, 6.07) is 14.5. The zero-order valence-electron chi connectivity index (χ0n) is 11.0. The second kappa shape index (κ2) is 4.65. The van der Waals surface area contributed by atoms with Crippen LogP contribution in [-0.4, -0.2) is 11.5 Å². The minimum Gasteiger partial charge on any atom is -0.357 e. The van der Waals surface area contributed by atoms with Crippen LogP contribution < -0.4 is 5.32 Å². The molecule has 0 amide bonds. The normalized spacial score (nSPS) is 14.4. The predicted octanol–water partition coefficient (Wildman–Crippen LogP) is 4.13. The molecule has 2 aromatic carbocycles. The Morgan fingerprint density at radius 3 is 2.85 bits per heavy atom. The van der Waals surface area contributed by atoms with Gasteiger partial charge in [0.15, 0.2) is 0 Å². The lowest BCUT2D eigenvalue weighted by atomic mass is 9.96. The highest BCUT2D eigenvalue weighted by Crippen LogP contribution is 2.34. The number of hydrogen-bond donors (Lipinski definition) is 2. The van der Waals surface area contributed by atoms with Crippen LogP contribution in [0.1, 0.15) is 11.3 Å². The van der Waals surface area contributed by atoms with Gasteiger partial charge in [-0.3, -0.25) is 0 Å². The first-order chi connectivity index (χ1) is 9.83. The molecule has 0 saturated heterocycles. The molecule has 1 aromatic heterocycles. The van der Waals surface area contributed by atoms with Crippen LogP contribution >= 0.6 is 11.6 Å². The third-order valence-electron chi connectivity index (χ3n) is 4.01. The molecule has 2 nitrogen and oxygen atoms in total. The van der Waals surface area contributed by atoms with Crippen LogP contribution in [0.4, 0.5) is 0 Å². The molecule has 0 unspecified atom stereocenters. The van der Waals surface area contributed by atoms with Gasteiger partial charge in [0.05, 0.1) is 0 Å². The fourth-order valence-corrected chi connectivity index (χ4v) is 3.31. The van der Waals surface area contributed by atoms with Crippen molar-refractivity contribution in [2.45, 2.75) is 13.0 Å². The van der Waals surface area contributed by atoms with Gasteiger partial charge in [0.25, 0.3) is 0 Å². The molecule has 4 rings (SSSR count). The number of H-pyrrole nitrogens is 1. The minimum atomic E-state index is 0.783. The summed E-state index contributed by atoms with van der Waals surface area (Å²) in [5.41, 5.74) is 6.44. The van der Waals surface area contributed by atoms with Gasteiger partial charge in [0, 0.05) is 28.2 Å². The van der Waals surface area contributed by atoms with Gasteiger partial charge >= 0.3 is 0 Å². The highest BCUT2D eigenvalue weighted by molar-refractivity contribution is 6.30. The quantitative estimate of drug-likeness (QED) is 0.690. The van der Waals surface area contributed by atoms with Crippen LogP contribution in [-0.2, 0) is 13.0 Å². The number of rotatable bonds is 1. The highest BCUT2D eigenvalue weighted by Gasteiger charge is 2.17. The van der Waals surface area contributed by atoms with E-state index in [1.807, 2.05) is 18.2 Å². The van der Waals surface area contributed by atoms with Crippen molar-refractivity contribution in [3.8, 4) is 11.1 Å². The fraction of sp³-hybridized carbons (Fsp3) is 0.176. The Kier molecular flexibility index (Phi) is 2.79. The smallest absolute Gasteiger partial charge is 0.0465 e. The van der Waals surface area contributed by atoms with Gasteiger partial charge in [-0.15, -0.1) is 0 Å². The molecule has 1 aliphatic heterocycles. The number of benzene rings is 2. The van der Waals surface area contributed by atoms with Crippen LogP contribution in [0.2, 0.25) is 5.02 Å². The van der Waals surface area contributed by atoms with E-state index in [2.05, 4.69) is 34.6 Å². The molecule has 2 N–H and O–H groups in total. The zero-order chi connectivity index (χ0) is 13.5. The molecule has 100 valence electrons. The summed E-state index contributed by atoms with van der Waals surface area (Å²) in [4.78, 5) is 3.55. The van der Waals surface area contributed by atoms with Crippen molar-refractivity contribution in [1.29, 1.82) is 0 Å². The Balaban J connectivity index is 2.02. The molecule has 0 fully saturated rings. The lowest BCUT2D eigenvalue weighted by Crippen LogP contribution is -2.23. The maximum atomic E-state index is 6.15. The van der Waals surface area contributed by atoms with Crippen molar-refractivity contribution >= 4 is 22.5 Å². The average Bonchev–Trinajstić information content (AvgIpc) is 2.85. The first-order valence-corrected chi connectivity index (χ1v) is 7.30. The molecule has 0 radical (unpaired) electrons. The minimum absolute atomic E-state index is 0.783. The lowest BCUT2D eigenvalue weighted by Gasteiger charge is -2.14. The highest BCUT2D eigenvalue weighted by atomic mass is 35.5. The summed E-state index contributed by atoms with van der Waals surface area (Å²) < 4.78 is 0. The van der Waals surface area contributed by atoms with Gasteiger partial charge in [-0.25, -0.2) is 0 Å². The molecule has 3 aromatic rings. The zero-order valence-corrected chi connectivity index (χ0v) is 11.8. The summed E-state index contributed by atoms with van der Waals surface area (Å²) in [6.45, 7) is 1.98. The van der Waals surface area contributed by atoms with Crippen molar-refractivity contribution < 1.29 is 0 Å². The molecule has 1 aliphatic rings. The molecule has 0 spiro atoms. The first-order valence-electron chi connectivity index (χ1n) is 6.92. The van der Waals surface area contributed by atoms with Gasteiger partial charge in [-0.05, 0) is 47.9 Å². The standard InChI is InChI=1S/C17H15ClN2/c18-12-4-1-3-11(9-12)13-5-2-6-15-17(13)14-7-8-19-10-16(14)20-15/h1-6,9,19-20H,7-8,10H2. The van der Waals surface area contributed by atoms with Crippen molar-refractivity contribution in [2.24, 2.45) is 0 Å². The monoisotopic (exact) mass is 282 g/mol. The van der Waals surface area contributed by atoms with Crippen LogP contribution in [0.5, 0.6) is 0 Å². The number of nitrogens with one attached hydrogen (secondary N) is 2. The fourth-order valence-electron chi connectivity index (χ4n) is 3.12. The van der Waals surface area contributed by atoms with E-state index in [0.717, 1.165) is 24.5 Å². The molecule has 20 heavy (non-hydrogen) atoms. The van der Waals surface area contributed by atoms with Gasteiger partial charge in [0.1, 0.15) is 0 Å². The van der Waals surface area contributed by atoms with E-state index in [-0.39, 0.29) is 0 Å². The van der Waals surface area contributed by atoms with Crippen LogP contribution in [0.25, 0.3) is 22.0 Å². The topological polar surface area (TPSA) is 27.8 Å². The van der Waals surface area contributed by atoms with Gasteiger partial charge in [0.2, 0.25) is 0 Å². The third-order valence-corrected chi connectivity index (χ3v) is 4.24. The molecule has 0 atom stereocenters. The van der Waals surface area contributed by atoms with Crippen molar-refractivity contribution in [3.05, 3.63) is 58.7 Å². The Hall–Kier alpha value is -1.77. The van der Waals surface area contributed by atoms with Crippen LogP contribution in [0.15, 0.2) is 42.5 Å². The number of fused-ring (bicyclic) bond motifs is 3. The lowest BCUT2D eigenvalue weighted by molar-refractivity contribution is 0.637. The van der Waals surface area contributed by atoms with Crippen molar-refractivity contribution in [2.75, 3.05) is 6.54 Å². The van der Waals surface area contributed by atoms with E-state index in [1.54, 1.807) is 0 Å². The molecular weight excluding hydrogens is 268 g/mol. The maximum Gasteiger partial charge on any atom is 0.0465 e. The summed E-state index contributed by atoms with van der Waals surface area (Å²) in [5.74, 6) is 0. The molecule has 0 aliphatic carbocycles. The van der Waals surface area contributed by atoms with E-state index in [1.165, 1.54) is 33.3 Å². The van der Waals surface area contributed by atoms with Gasteiger partial charge < -0.3 is 10.3 Å². The molecule has 0 bridgehead atoms. The van der Waals surface area contributed by atoms with Crippen molar-refractivity contribution in [3.63, 3.8) is 0 Å². The van der Waals surface area contributed by atoms with Crippen LogP contribution in [0, 0.1) is 0 Å². The van der Waals surface area contributed by atoms with E-state index >= 15 is 0 Å². The summed E-state index contributed by atoms with van der Waals surface area (Å²) in [5, 5.41) is 5.55. The van der Waals surface area contributed by atoms with E-state index < -0.39 is 0 Å². The molecule has 0 saturated carbocycles. The average molecular weight is 283 g/mol. The van der Waals surface area contributed by atoms with Crippen LogP contribution in [0.3, 0.4) is 0 Å². The molecular formula is C17H15ClN2. The second-order valence-electron chi connectivity index (χ2n) is 5.25. The second-order valence-corrected chi connectivity index (χ2v) is 5.68. The maximum absolute atomic E-state index is 6.15. The third kappa shape index (κ3) is 1.84. The first kappa shape index (κ1) is 12.0. The van der Waals surface area contributed by atoms with E-state index in [0.29, 0.717) is 0 Å². The predicted molar refractivity (Wildman–Crippen MR) is 84.2 cm³/mol. The summed E-state index contributed by atoms with van der Waals surface area (Å²) >= 11 is 6.15. The number of halogens is 1. The Morgan fingerprint density at radius 1 is 1.05 bits per heavy atom. The van der Waals surface area contributed by atoms with Gasteiger partial charge in [-0.1, -0.05) is 35.9 Å². The Bertz CT molecular complexity index is 789. The SMILES string of the molecule is Clc1cccc(-c2cccc3[nH]c4c(c23)CCNC4)c1. The number of hydrogen-bond acceptors (Lipinski definition) is 1. The Morgan fingerprint density at radius 2 is 1.95 bits per heavy atom. The summed E-state index contributed by atoms with van der Waals surface area (Å²) in [7, 11) is 0. The molecule has 2 heterocycles. The molecule has 3 heteroatoms. The summed E-state index contributed by atoms with van der Waals surface area (Å²) in [6.07, 6.45) is 1.08. The number of aromatic amines is 1. The van der Waals surface area contributed by atoms with Gasteiger partial charge in [-0.2, -0.15) is 0 Å². The van der Waals surface area contributed by atoms with Crippen molar-refractivity contribution in [1.82, 2.24) is 10.3 Å². The Labute approximate surface area is 122 Å².